The molecule has 0 fully saturated rings. The van der Waals surface area contributed by atoms with Crippen molar-refractivity contribution < 1.29 is 4.79 Å². The summed E-state index contributed by atoms with van der Waals surface area (Å²) in [7, 11) is 1.64. The number of likely N-dealkylation sites (N-methyl/N-ethyl adjacent to an activating group) is 1. The van der Waals surface area contributed by atoms with Gasteiger partial charge in [-0.1, -0.05) is 18.5 Å². The van der Waals surface area contributed by atoms with Gasteiger partial charge in [0, 0.05) is 18.0 Å². The maximum Gasteiger partial charge on any atom is 0.236 e. The van der Waals surface area contributed by atoms with Crippen LogP contribution < -0.4 is 10.6 Å². The zero-order chi connectivity index (χ0) is 12.1. The minimum atomic E-state index is -0.198. The number of amides is 1. The fourth-order valence-electron chi connectivity index (χ4n) is 1.51. The van der Waals surface area contributed by atoms with Crippen molar-refractivity contribution in [1.29, 1.82) is 0 Å². The lowest BCUT2D eigenvalue weighted by atomic mass is 10.1. The van der Waals surface area contributed by atoms with Crippen LogP contribution in [-0.2, 0) is 4.79 Å². The third-order valence-corrected chi connectivity index (χ3v) is 3.78. The molecule has 0 radical (unpaired) electrons. The van der Waals surface area contributed by atoms with Crippen LogP contribution in [0.4, 0.5) is 0 Å². The lowest BCUT2D eigenvalue weighted by molar-refractivity contribution is -0.122. The second kappa shape index (κ2) is 6.23. The molecule has 0 bridgehead atoms. The van der Waals surface area contributed by atoms with E-state index in [-0.39, 0.29) is 18.0 Å². The van der Waals surface area contributed by atoms with E-state index in [1.54, 1.807) is 18.4 Å². The van der Waals surface area contributed by atoms with Gasteiger partial charge >= 0.3 is 0 Å². The van der Waals surface area contributed by atoms with Crippen LogP contribution in [0.3, 0.4) is 0 Å². The molecule has 0 aliphatic carbocycles. The average Bonchev–Trinajstić information content (AvgIpc) is 2.71. The van der Waals surface area contributed by atoms with Crippen molar-refractivity contribution in [2.24, 2.45) is 0 Å². The summed E-state index contributed by atoms with van der Waals surface area (Å²) in [6.45, 7) is 3.94. The molecule has 1 unspecified atom stereocenters. The Hall–Kier alpha value is -0.580. The number of carbonyl (C=O) groups excluding carboxylic acids is 1. The lowest BCUT2D eigenvalue weighted by Gasteiger charge is -2.20. The van der Waals surface area contributed by atoms with Crippen molar-refractivity contribution in [3.8, 4) is 0 Å². The van der Waals surface area contributed by atoms with E-state index in [1.165, 1.54) is 4.88 Å². The Morgan fingerprint density at radius 1 is 1.56 bits per heavy atom. The van der Waals surface area contributed by atoms with Crippen LogP contribution in [0.25, 0.3) is 0 Å². The molecule has 0 saturated carbocycles. The second-order valence-corrected chi connectivity index (χ2v) is 5.35. The number of hydrogen-bond donors (Lipinski definition) is 2. The first-order valence-corrected chi connectivity index (χ1v) is 6.50. The molecule has 0 saturated heterocycles. The maximum atomic E-state index is 11.4. The topological polar surface area (TPSA) is 41.1 Å². The van der Waals surface area contributed by atoms with Crippen LogP contribution in [-0.4, -0.2) is 19.0 Å². The van der Waals surface area contributed by atoms with Gasteiger partial charge in [0.05, 0.1) is 10.4 Å². The van der Waals surface area contributed by atoms with Crippen molar-refractivity contribution in [2.75, 3.05) is 7.05 Å². The van der Waals surface area contributed by atoms with Gasteiger partial charge in [-0.15, -0.1) is 11.3 Å². The molecule has 2 atom stereocenters. The van der Waals surface area contributed by atoms with Gasteiger partial charge in [0.1, 0.15) is 0 Å². The van der Waals surface area contributed by atoms with Crippen LogP contribution in [0.2, 0.25) is 4.34 Å². The Morgan fingerprint density at radius 3 is 2.69 bits per heavy atom. The van der Waals surface area contributed by atoms with E-state index in [0.29, 0.717) is 0 Å². The van der Waals surface area contributed by atoms with Gasteiger partial charge in [-0.05, 0) is 25.5 Å². The van der Waals surface area contributed by atoms with E-state index in [9.17, 15) is 4.79 Å². The Labute approximate surface area is 105 Å². The molecule has 1 rings (SSSR count). The lowest BCUT2D eigenvalue weighted by Crippen LogP contribution is -2.42. The van der Waals surface area contributed by atoms with Gasteiger partial charge in [0.25, 0.3) is 0 Å². The zero-order valence-electron chi connectivity index (χ0n) is 9.71. The first kappa shape index (κ1) is 13.5. The Balaban J connectivity index is 2.65. The smallest absolute Gasteiger partial charge is 0.236 e. The Morgan fingerprint density at radius 2 is 2.25 bits per heavy atom. The van der Waals surface area contributed by atoms with Crippen LogP contribution in [0.15, 0.2) is 12.1 Å². The normalized spacial score (nSPS) is 14.5. The summed E-state index contributed by atoms with van der Waals surface area (Å²) in [5.41, 5.74) is 0. The molecule has 0 aromatic carbocycles. The highest BCUT2D eigenvalue weighted by Gasteiger charge is 2.18. The number of nitrogens with one attached hydrogen (secondary N) is 2. The van der Waals surface area contributed by atoms with Crippen molar-refractivity contribution >= 4 is 28.8 Å². The first-order chi connectivity index (χ1) is 7.58. The van der Waals surface area contributed by atoms with Crippen molar-refractivity contribution in [2.45, 2.75) is 32.4 Å². The molecule has 5 heteroatoms. The fraction of sp³-hybridized carbons (Fsp3) is 0.545. The van der Waals surface area contributed by atoms with Gasteiger partial charge < -0.3 is 5.32 Å². The predicted octanol–water partition coefficient (Wildman–Crippen LogP) is 2.58. The third kappa shape index (κ3) is 3.47. The third-order valence-electron chi connectivity index (χ3n) is 2.44. The average molecular weight is 261 g/mol. The molecule has 0 aliphatic heterocycles. The predicted molar refractivity (Wildman–Crippen MR) is 69.0 cm³/mol. The molecular weight excluding hydrogens is 244 g/mol. The van der Waals surface area contributed by atoms with E-state index in [1.807, 2.05) is 19.1 Å². The van der Waals surface area contributed by atoms with E-state index >= 15 is 0 Å². The highest BCUT2D eigenvalue weighted by Crippen LogP contribution is 2.28. The molecule has 0 spiro atoms. The van der Waals surface area contributed by atoms with Gasteiger partial charge in [-0.2, -0.15) is 0 Å². The molecule has 1 aromatic heterocycles. The highest BCUT2D eigenvalue weighted by molar-refractivity contribution is 7.16. The van der Waals surface area contributed by atoms with Crippen molar-refractivity contribution in [1.82, 2.24) is 10.6 Å². The first-order valence-electron chi connectivity index (χ1n) is 5.31. The van der Waals surface area contributed by atoms with E-state index in [4.69, 9.17) is 11.6 Å². The number of rotatable bonds is 5. The standard InChI is InChI=1S/C11H17ClN2OS/c1-4-8(9-5-6-10(12)16-9)14-7(2)11(15)13-3/h5-8,14H,4H2,1-3H3,(H,13,15)/t7-,8?/m1/s1. The van der Waals surface area contributed by atoms with E-state index in [0.717, 1.165) is 10.8 Å². The molecule has 1 aromatic rings. The Kier molecular flexibility index (Phi) is 5.25. The van der Waals surface area contributed by atoms with E-state index in [2.05, 4.69) is 17.6 Å². The Bertz CT molecular complexity index is 354. The summed E-state index contributed by atoms with van der Waals surface area (Å²) in [6, 6.07) is 3.88. The second-order valence-electron chi connectivity index (χ2n) is 3.61. The van der Waals surface area contributed by atoms with Crippen LogP contribution in [0.1, 0.15) is 31.2 Å². The molecule has 0 aliphatic rings. The molecular formula is C11H17ClN2OS. The highest BCUT2D eigenvalue weighted by atomic mass is 35.5. The van der Waals surface area contributed by atoms with Gasteiger partial charge in [-0.3, -0.25) is 10.1 Å². The number of halogens is 1. The summed E-state index contributed by atoms with van der Waals surface area (Å²) < 4.78 is 0.780. The molecule has 2 N–H and O–H groups in total. The summed E-state index contributed by atoms with van der Waals surface area (Å²) in [5.74, 6) is 0.00102. The minimum absolute atomic E-state index is 0.00102. The van der Waals surface area contributed by atoms with Crippen molar-refractivity contribution in [3.05, 3.63) is 21.3 Å². The van der Waals surface area contributed by atoms with E-state index < -0.39 is 0 Å². The maximum absolute atomic E-state index is 11.4. The monoisotopic (exact) mass is 260 g/mol. The fourth-order valence-corrected chi connectivity index (χ4v) is 2.72. The number of thiophene rings is 1. The molecule has 16 heavy (non-hydrogen) atoms. The van der Waals surface area contributed by atoms with Crippen molar-refractivity contribution in [3.63, 3.8) is 0 Å². The summed E-state index contributed by atoms with van der Waals surface area (Å²) in [4.78, 5) is 12.6. The summed E-state index contributed by atoms with van der Waals surface area (Å²) in [5, 5.41) is 5.91. The van der Waals surface area contributed by atoms with Crippen LogP contribution >= 0.6 is 22.9 Å². The van der Waals surface area contributed by atoms with Gasteiger partial charge in [-0.25, -0.2) is 0 Å². The molecule has 1 heterocycles. The number of hydrogen-bond acceptors (Lipinski definition) is 3. The molecule has 3 nitrogen and oxygen atoms in total. The van der Waals surface area contributed by atoms with Gasteiger partial charge in [0.2, 0.25) is 5.91 Å². The SMILES string of the molecule is CCC(N[C@H](C)C(=O)NC)c1ccc(Cl)s1. The zero-order valence-corrected chi connectivity index (χ0v) is 11.3. The summed E-state index contributed by atoms with van der Waals surface area (Å²) in [6.07, 6.45) is 0.929. The molecule has 90 valence electrons. The largest absolute Gasteiger partial charge is 0.358 e. The van der Waals surface area contributed by atoms with Crippen LogP contribution in [0.5, 0.6) is 0 Å². The minimum Gasteiger partial charge on any atom is -0.358 e. The van der Waals surface area contributed by atoms with Gasteiger partial charge in [0.15, 0.2) is 0 Å². The molecule has 1 amide bonds. The summed E-state index contributed by atoms with van der Waals surface area (Å²) >= 11 is 7.45. The number of carbonyl (C=O) groups is 1. The quantitative estimate of drug-likeness (QED) is 0.854. The van der Waals surface area contributed by atoms with Crippen LogP contribution in [0, 0.1) is 0 Å².